The lowest BCUT2D eigenvalue weighted by Gasteiger charge is -2.32. The Morgan fingerprint density at radius 1 is 1.12 bits per heavy atom. The number of carbonyl (C=O) groups excluding carboxylic acids is 2. The number of anilines is 1. The van der Waals surface area contributed by atoms with Gasteiger partial charge >= 0.3 is 6.09 Å². The molecule has 1 heterocycles. The molecule has 3 aliphatic rings. The molecule has 2 aromatic carbocycles. The number of nitrogens with two attached hydrogens (primary N) is 1. The molecule has 2 aromatic rings. The van der Waals surface area contributed by atoms with E-state index >= 15 is 0 Å². The molecule has 1 aliphatic heterocycles. The number of alkyl carbamates (subject to hydrolysis) is 1. The minimum atomic E-state index is -0.447. The lowest BCUT2D eigenvalue weighted by atomic mass is 9.78. The molecule has 5 N–H and O–H groups in total. The number of carbonyl (C=O) groups is 2. The molecule has 2 aliphatic carbocycles. The summed E-state index contributed by atoms with van der Waals surface area (Å²) in [5, 5.41) is 16.3. The number of aliphatic hydroxyl groups excluding tert-OH is 1. The van der Waals surface area contributed by atoms with Crippen molar-refractivity contribution >= 4 is 34.4 Å². The van der Waals surface area contributed by atoms with E-state index in [0.717, 1.165) is 76.9 Å². The maximum Gasteiger partial charge on any atom is 0.407 e. The van der Waals surface area contributed by atoms with E-state index in [9.17, 15) is 9.59 Å². The van der Waals surface area contributed by atoms with Crippen LogP contribution in [0.4, 0.5) is 10.5 Å². The van der Waals surface area contributed by atoms with E-state index in [0.29, 0.717) is 25.3 Å². The number of hydrogen-bond acceptors (Lipinski definition) is 8. The van der Waals surface area contributed by atoms with E-state index in [-0.39, 0.29) is 31.0 Å². The number of ketones is 1. The number of hydrazone groups is 1. The van der Waals surface area contributed by atoms with E-state index in [1.54, 1.807) is 0 Å². The zero-order valence-electron chi connectivity index (χ0n) is 24.4. The summed E-state index contributed by atoms with van der Waals surface area (Å²) >= 11 is 0. The fraction of sp³-hybridized carbons (Fsp3) is 0.424. The third-order valence-electron chi connectivity index (χ3n) is 8.34. The van der Waals surface area contributed by atoms with Gasteiger partial charge in [-0.15, -0.1) is 0 Å². The summed E-state index contributed by atoms with van der Waals surface area (Å²) in [5.41, 5.74) is 18.9. The first-order valence-corrected chi connectivity index (χ1v) is 14.8. The van der Waals surface area contributed by atoms with Crippen molar-refractivity contribution in [3.63, 3.8) is 0 Å². The Morgan fingerprint density at radius 3 is 2.79 bits per heavy atom. The molecule has 0 aromatic heterocycles. The van der Waals surface area contributed by atoms with E-state index in [1.807, 2.05) is 37.3 Å². The van der Waals surface area contributed by atoms with Gasteiger partial charge in [0.05, 0.1) is 25.5 Å². The molecule has 2 unspecified atom stereocenters. The Balaban J connectivity index is 1.33. The van der Waals surface area contributed by atoms with E-state index < -0.39 is 6.09 Å². The fourth-order valence-electron chi connectivity index (χ4n) is 6.32. The van der Waals surface area contributed by atoms with Gasteiger partial charge in [-0.25, -0.2) is 4.79 Å². The Hall–Kier alpha value is -3.95. The molecule has 42 heavy (non-hydrogen) atoms. The summed E-state index contributed by atoms with van der Waals surface area (Å²) in [6.45, 7) is 4.93. The minimum absolute atomic E-state index is 0.0468. The molecule has 0 radical (unpaired) electrons. The monoisotopic (exact) mass is 572 g/mol. The number of rotatable bonds is 8. The third kappa shape index (κ3) is 6.58. The summed E-state index contributed by atoms with van der Waals surface area (Å²) in [6.07, 6.45) is 3.80. The number of amides is 1. The number of nitrogens with one attached hydrogen (secondary N) is 2. The molecule has 1 amide bonds. The molecule has 9 heteroatoms. The highest BCUT2D eigenvalue weighted by Crippen LogP contribution is 2.38. The van der Waals surface area contributed by atoms with Gasteiger partial charge in [0.2, 0.25) is 0 Å². The summed E-state index contributed by atoms with van der Waals surface area (Å²) in [4.78, 5) is 25.7. The number of hydrogen-bond donors (Lipinski definition) is 4. The standard InChI is InChI=1S/C33H40N4O5/c1-20-27-11-9-25(34)18-24(27)19-30(39)31(20)22-5-3-6-23(17-22)32-29-12-10-26(7-4-8-28(29)21(2)36-37-32)42-33(40)35-13-15-41-16-14-38/h3,5-6,9,11,17-18,26,29,36,38H,4,7-8,10,12-16,19,34H2,1-2H3,(H,35,40). The highest BCUT2D eigenvalue weighted by atomic mass is 16.6. The van der Waals surface area contributed by atoms with E-state index in [1.165, 1.54) is 5.57 Å². The summed E-state index contributed by atoms with van der Waals surface area (Å²) in [6, 6.07) is 13.9. The number of fused-ring (bicyclic) bond motifs is 2. The maximum absolute atomic E-state index is 13.3. The molecule has 0 spiro atoms. The van der Waals surface area contributed by atoms with Crippen LogP contribution in [-0.4, -0.2) is 55.2 Å². The van der Waals surface area contributed by atoms with Gasteiger partial charge in [0.15, 0.2) is 5.78 Å². The summed E-state index contributed by atoms with van der Waals surface area (Å²) in [5.74, 6) is 0.177. The van der Waals surface area contributed by atoms with Gasteiger partial charge < -0.3 is 25.6 Å². The number of ether oxygens (including phenoxy) is 2. The van der Waals surface area contributed by atoms with E-state index in [2.05, 4.69) is 29.8 Å². The number of nitrogens with zero attached hydrogens (tertiary/aromatic N) is 1. The Bertz CT molecular complexity index is 1440. The number of aliphatic hydroxyl groups is 1. The highest BCUT2D eigenvalue weighted by molar-refractivity contribution is 6.30. The summed E-state index contributed by atoms with van der Waals surface area (Å²) < 4.78 is 11.0. The molecular weight excluding hydrogens is 532 g/mol. The zero-order valence-corrected chi connectivity index (χ0v) is 24.4. The van der Waals surface area contributed by atoms with Crippen LogP contribution in [0.2, 0.25) is 0 Å². The average molecular weight is 573 g/mol. The maximum atomic E-state index is 13.3. The van der Waals surface area contributed by atoms with Crippen LogP contribution in [0.3, 0.4) is 0 Å². The molecule has 5 rings (SSSR count). The van der Waals surface area contributed by atoms with Crippen molar-refractivity contribution in [2.75, 3.05) is 32.1 Å². The summed E-state index contributed by atoms with van der Waals surface area (Å²) in [7, 11) is 0. The van der Waals surface area contributed by atoms with Crippen LogP contribution in [0.5, 0.6) is 0 Å². The smallest absolute Gasteiger partial charge is 0.407 e. The van der Waals surface area contributed by atoms with Crippen molar-refractivity contribution in [1.29, 1.82) is 0 Å². The van der Waals surface area contributed by atoms with Crippen LogP contribution in [0.15, 0.2) is 58.8 Å². The van der Waals surface area contributed by atoms with Crippen molar-refractivity contribution in [2.24, 2.45) is 11.0 Å². The molecular formula is C33H40N4O5. The first-order valence-electron chi connectivity index (χ1n) is 14.8. The molecule has 0 bridgehead atoms. The quantitative estimate of drug-likeness (QED) is 0.268. The van der Waals surface area contributed by atoms with Crippen molar-refractivity contribution in [2.45, 2.75) is 58.5 Å². The lowest BCUT2D eigenvalue weighted by molar-refractivity contribution is -0.113. The predicted molar refractivity (Wildman–Crippen MR) is 164 cm³/mol. The van der Waals surface area contributed by atoms with Crippen molar-refractivity contribution < 1.29 is 24.2 Å². The van der Waals surface area contributed by atoms with Crippen LogP contribution in [0, 0.1) is 5.92 Å². The molecule has 0 saturated heterocycles. The number of allylic oxidation sites excluding steroid dienone is 4. The van der Waals surface area contributed by atoms with Crippen LogP contribution >= 0.6 is 0 Å². The first kappa shape index (κ1) is 29.5. The second kappa shape index (κ2) is 13.4. The largest absolute Gasteiger partial charge is 0.446 e. The van der Waals surface area contributed by atoms with Gasteiger partial charge in [-0.2, -0.15) is 5.10 Å². The molecule has 1 fully saturated rings. The van der Waals surface area contributed by atoms with Gasteiger partial charge in [-0.1, -0.05) is 24.3 Å². The number of Topliss-reactive ketones (excluding diaryl/α,β-unsaturated/α-hetero) is 1. The van der Waals surface area contributed by atoms with Gasteiger partial charge in [0.25, 0.3) is 0 Å². The normalized spacial score (nSPS) is 20.5. The van der Waals surface area contributed by atoms with Gasteiger partial charge in [0, 0.05) is 35.8 Å². The van der Waals surface area contributed by atoms with Crippen molar-refractivity contribution in [3.05, 3.63) is 76.0 Å². The van der Waals surface area contributed by atoms with Crippen LogP contribution < -0.4 is 16.5 Å². The highest BCUT2D eigenvalue weighted by Gasteiger charge is 2.32. The second-order valence-corrected chi connectivity index (χ2v) is 11.2. The predicted octanol–water partition coefficient (Wildman–Crippen LogP) is 4.59. The molecule has 1 saturated carbocycles. The van der Waals surface area contributed by atoms with Crippen LogP contribution in [0.25, 0.3) is 11.1 Å². The minimum Gasteiger partial charge on any atom is -0.446 e. The topological polar surface area (TPSA) is 135 Å². The fourth-order valence-corrected chi connectivity index (χ4v) is 6.32. The SMILES string of the molecule is CC1=C2CCCC(OC(=O)NCCOCCO)CCC2C(c2cccc(C3=C(C)c4ccc(N)cc4CC3=O)c2)=NN1. The first-order chi connectivity index (χ1) is 20.4. The Kier molecular flexibility index (Phi) is 9.39. The van der Waals surface area contributed by atoms with Crippen LogP contribution in [0.1, 0.15) is 68.2 Å². The number of nitrogen functional groups attached to an aromatic ring is 1. The molecule has 9 nitrogen and oxygen atoms in total. The van der Waals surface area contributed by atoms with Crippen LogP contribution in [-0.2, 0) is 20.7 Å². The Labute approximate surface area is 246 Å². The zero-order chi connectivity index (χ0) is 29.6. The Morgan fingerprint density at radius 2 is 1.95 bits per heavy atom. The molecule has 2 atom stereocenters. The second-order valence-electron chi connectivity index (χ2n) is 11.2. The van der Waals surface area contributed by atoms with Gasteiger partial charge in [-0.3, -0.25) is 10.2 Å². The van der Waals surface area contributed by atoms with E-state index in [4.69, 9.17) is 25.4 Å². The average Bonchev–Trinajstić information content (AvgIpc) is 2.95. The lowest BCUT2D eigenvalue weighted by Crippen LogP contribution is -2.34. The number of benzene rings is 2. The third-order valence-corrected chi connectivity index (χ3v) is 8.34. The van der Waals surface area contributed by atoms with Crippen molar-refractivity contribution in [3.8, 4) is 0 Å². The van der Waals surface area contributed by atoms with Gasteiger partial charge in [-0.05, 0) is 97.6 Å². The van der Waals surface area contributed by atoms with Gasteiger partial charge in [0.1, 0.15) is 6.10 Å². The molecule has 222 valence electrons. The van der Waals surface area contributed by atoms with Crippen molar-refractivity contribution in [1.82, 2.24) is 10.7 Å².